The molecule has 1 aliphatic rings. The van der Waals surface area contributed by atoms with Crippen LogP contribution in [0.2, 0.25) is 0 Å². The summed E-state index contributed by atoms with van der Waals surface area (Å²) in [4.78, 5) is 9.11. The Morgan fingerprint density at radius 2 is 2.17 bits per heavy atom. The molecule has 0 atom stereocenters. The molecule has 18 heavy (non-hydrogen) atoms. The maximum absolute atomic E-state index is 4.66. The molecule has 0 fully saturated rings. The minimum absolute atomic E-state index is 0.0474. The van der Waals surface area contributed by atoms with E-state index in [4.69, 9.17) is 0 Å². The zero-order chi connectivity index (χ0) is 12.8. The van der Waals surface area contributed by atoms with Crippen molar-refractivity contribution < 1.29 is 0 Å². The van der Waals surface area contributed by atoms with E-state index in [1.165, 1.54) is 0 Å². The van der Waals surface area contributed by atoms with Gasteiger partial charge < -0.3 is 5.32 Å². The van der Waals surface area contributed by atoms with Crippen molar-refractivity contribution in [1.29, 1.82) is 0 Å². The number of hydrogen-bond donors (Lipinski definition) is 1. The average molecular weight is 243 g/mol. The molecule has 0 aromatic carbocycles. The standard InChI is InChI=1S/C13H17N5/c1-13(2,3)12-16-11-9(10-14-6-7-15-10)5-4-8-18(11)17-12/h4-5,8H,6-7H2,1-3H3,(H,14,15). The maximum atomic E-state index is 4.66. The fourth-order valence-corrected chi connectivity index (χ4v) is 1.99. The molecule has 0 unspecified atom stereocenters. The number of nitrogens with one attached hydrogen (secondary N) is 1. The zero-order valence-corrected chi connectivity index (χ0v) is 10.9. The Balaban J connectivity index is 2.18. The smallest absolute Gasteiger partial charge is 0.166 e. The van der Waals surface area contributed by atoms with E-state index < -0.39 is 0 Å². The van der Waals surface area contributed by atoms with Gasteiger partial charge in [0.1, 0.15) is 5.84 Å². The van der Waals surface area contributed by atoms with Crippen LogP contribution in [-0.2, 0) is 5.41 Å². The van der Waals surface area contributed by atoms with E-state index in [-0.39, 0.29) is 5.41 Å². The Morgan fingerprint density at radius 1 is 1.33 bits per heavy atom. The predicted octanol–water partition coefficient (Wildman–Crippen LogP) is 1.38. The first-order chi connectivity index (χ1) is 8.55. The first-order valence-electron chi connectivity index (χ1n) is 6.20. The number of amidine groups is 1. The maximum Gasteiger partial charge on any atom is 0.166 e. The fourth-order valence-electron chi connectivity index (χ4n) is 1.99. The van der Waals surface area contributed by atoms with E-state index in [2.05, 4.69) is 41.2 Å². The van der Waals surface area contributed by atoms with E-state index >= 15 is 0 Å². The monoisotopic (exact) mass is 243 g/mol. The molecule has 3 rings (SSSR count). The third-order valence-electron chi connectivity index (χ3n) is 2.96. The molecule has 1 N–H and O–H groups in total. The van der Waals surface area contributed by atoms with E-state index in [9.17, 15) is 0 Å². The molecule has 2 aromatic heterocycles. The molecule has 0 amide bonds. The Morgan fingerprint density at radius 3 is 2.83 bits per heavy atom. The number of fused-ring (bicyclic) bond motifs is 1. The summed E-state index contributed by atoms with van der Waals surface area (Å²) < 4.78 is 1.83. The molecule has 5 nitrogen and oxygen atoms in total. The molecule has 0 radical (unpaired) electrons. The van der Waals surface area contributed by atoms with Crippen LogP contribution in [0.4, 0.5) is 0 Å². The first-order valence-corrected chi connectivity index (χ1v) is 6.20. The normalized spacial score (nSPS) is 15.8. The van der Waals surface area contributed by atoms with Gasteiger partial charge >= 0.3 is 0 Å². The van der Waals surface area contributed by atoms with Crippen LogP contribution in [0.15, 0.2) is 23.3 Å². The molecule has 3 heterocycles. The van der Waals surface area contributed by atoms with Crippen molar-refractivity contribution in [1.82, 2.24) is 19.9 Å². The Kier molecular flexibility index (Phi) is 2.36. The lowest BCUT2D eigenvalue weighted by atomic mass is 9.96. The number of rotatable bonds is 1. The summed E-state index contributed by atoms with van der Waals surface area (Å²) in [6.07, 6.45) is 1.93. The second kappa shape index (κ2) is 3.80. The highest BCUT2D eigenvalue weighted by molar-refractivity contribution is 6.04. The van der Waals surface area contributed by atoms with Crippen LogP contribution in [0.1, 0.15) is 32.2 Å². The largest absolute Gasteiger partial charge is 0.368 e. The Bertz CT molecular complexity index is 618. The molecule has 0 aliphatic carbocycles. The highest BCUT2D eigenvalue weighted by Gasteiger charge is 2.22. The van der Waals surface area contributed by atoms with E-state index in [0.29, 0.717) is 0 Å². The Labute approximate surface area is 106 Å². The van der Waals surface area contributed by atoms with Crippen LogP contribution >= 0.6 is 0 Å². The van der Waals surface area contributed by atoms with Gasteiger partial charge in [-0.3, -0.25) is 4.99 Å². The minimum Gasteiger partial charge on any atom is -0.368 e. The SMILES string of the molecule is CC(C)(C)c1nc2c(C3=NCCN3)cccn2n1. The van der Waals surface area contributed by atoms with Gasteiger partial charge in [0.05, 0.1) is 12.1 Å². The van der Waals surface area contributed by atoms with Gasteiger partial charge in [-0.05, 0) is 12.1 Å². The number of hydrogen-bond acceptors (Lipinski definition) is 4. The van der Waals surface area contributed by atoms with Gasteiger partial charge in [0, 0.05) is 18.2 Å². The summed E-state index contributed by atoms with van der Waals surface area (Å²) in [5.41, 5.74) is 1.85. The van der Waals surface area contributed by atoms with Crippen molar-refractivity contribution >= 4 is 11.5 Å². The van der Waals surface area contributed by atoms with Crippen LogP contribution in [-0.4, -0.2) is 33.5 Å². The number of aliphatic imine (C=N–C) groups is 1. The molecule has 5 heteroatoms. The average Bonchev–Trinajstić information content (AvgIpc) is 2.96. The summed E-state index contributed by atoms with van der Waals surface area (Å²) in [7, 11) is 0. The quantitative estimate of drug-likeness (QED) is 0.823. The summed E-state index contributed by atoms with van der Waals surface area (Å²) in [6.45, 7) is 8.08. The summed E-state index contributed by atoms with van der Waals surface area (Å²) in [5, 5.41) is 7.82. The van der Waals surface area contributed by atoms with Crippen LogP contribution in [0.3, 0.4) is 0 Å². The van der Waals surface area contributed by atoms with Gasteiger partial charge in [0.2, 0.25) is 0 Å². The second-order valence-corrected chi connectivity index (χ2v) is 5.53. The van der Waals surface area contributed by atoms with Crippen molar-refractivity contribution in [2.45, 2.75) is 26.2 Å². The molecule has 0 spiro atoms. The van der Waals surface area contributed by atoms with Crippen molar-refractivity contribution in [3.63, 3.8) is 0 Å². The third-order valence-corrected chi connectivity index (χ3v) is 2.96. The van der Waals surface area contributed by atoms with Crippen molar-refractivity contribution in [2.75, 3.05) is 13.1 Å². The number of pyridine rings is 1. The lowest BCUT2D eigenvalue weighted by Crippen LogP contribution is -2.20. The molecule has 1 aliphatic heterocycles. The van der Waals surface area contributed by atoms with Crippen LogP contribution in [0, 0.1) is 0 Å². The van der Waals surface area contributed by atoms with Crippen molar-refractivity contribution in [2.24, 2.45) is 4.99 Å². The topological polar surface area (TPSA) is 54.6 Å². The minimum atomic E-state index is -0.0474. The molecular formula is C13H17N5. The molecule has 94 valence electrons. The number of nitrogens with zero attached hydrogens (tertiary/aromatic N) is 4. The lowest BCUT2D eigenvalue weighted by Gasteiger charge is -2.11. The predicted molar refractivity (Wildman–Crippen MR) is 71.1 cm³/mol. The third kappa shape index (κ3) is 1.75. The molecule has 0 saturated carbocycles. The van der Waals surface area contributed by atoms with Crippen LogP contribution in [0.25, 0.3) is 5.65 Å². The highest BCUT2D eigenvalue weighted by atomic mass is 15.3. The molecular weight excluding hydrogens is 226 g/mol. The summed E-state index contributed by atoms with van der Waals surface area (Å²) in [6, 6.07) is 4.01. The van der Waals surface area contributed by atoms with E-state index in [1.807, 2.05) is 22.8 Å². The van der Waals surface area contributed by atoms with Gasteiger partial charge in [-0.25, -0.2) is 9.50 Å². The molecule has 0 bridgehead atoms. The van der Waals surface area contributed by atoms with Gasteiger partial charge in [-0.15, -0.1) is 0 Å². The Hall–Kier alpha value is -1.91. The first kappa shape index (κ1) is 11.2. The number of aromatic nitrogens is 3. The second-order valence-electron chi connectivity index (χ2n) is 5.53. The van der Waals surface area contributed by atoms with Crippen molar-refractivity contribution in [3.05, 3.63) is 29.7 Å². The fraction of sp³-hybridized carbons (Fsp3) is 0.462. The van der Waals surface area contributed by atoms with Crippen LogP contribution in [0.5, 0.6) is 0 Å². The zero-order valence-electron chi connectivity index (χ0n) is 10.9. The highest BCUT2D eigenvalue weighted by Crippen LogP contribution is 2.20. The molecule has 0 saturated heterocycles. The van der Waals surface area contributed by atoms with E-state index in [0.717, 1.165) is 36.0 Å². The van der Waals surface area contributed by atoms with Gasteiger partial charge in [-0.1, -0.05) is 20.8 Å². The van der Waals surface area contributed by atoms with Gasteiger partial charge in [-0.2, -0.15) is 5.10 Å². The molecule has 2 aromatic rings. The van der Waals surface area contributed by atoms with Gasteiger partial charge in [0.15, 0.2) is 11.5 Å². The van der Waals surface area contributed by atoms with Gasteiger partial charge in [0.25, 0.3) is 0 Å². The summed E-state index contributed by atoms with van der Waals surface area (Å²) >= 11 is 0. The summed E-state index contributed by atoms with van der Waals surface area (Å²) in [5.74, 6) is 1.78. The van der Waals surface area contributed by atoms with Crippen LogP contribution < -0.4 is 5.32 Å². The van der Waals surface area contributed by atoms with Crippen molar-refractivity contribution in [3.8, 4) is 0 Å². The lowest BCUT2D eigenvalue weighted by molar-refractivity contribution is 0.545. The van der Waals surface area contributed by atoms with E-state index in [1.54, 1.807) is 0 Å².